The van der Waals surface area contributed by atoms with E-state index in [4.69, 9.17) is 0 Å². The minimum absolute atomic E-state index is 0.471. The van der Waals surface area contributed by atoms with Gasteiger partial charge in [0.05, 0.1) is 0 Å². The third-order valence-corrected chi connectivity index (χ3v) is 4.01. The highest BCUT2D eigenvalue weighted by atomic mass is 14.9. The fourth-order valence-corrected chi connectivity index (χ4v) is 3.44. The van der Waals surface area contributed by atoms with Gasteiger partial charge < -0.3 is 5.32 Å². The Morgan fingerprint density at radius 2 is 2.14 bits per heavy atom. The summed E-state index contributed by atoms with van der Waals surface area (Å²) in [6, 6.07) is 0. The van der Waals surface area contributed by atoms with E-state index in [1.165, 1.54) is 38.8 Å². The Bertz CT molecular complexity index is 244. The number of allylic oxidation sites excluding steroid dienone is 1. The molecule has 0 amide bonds. The van der Waals surface area contributed by atoms with Gasteiger partial charge in [-0.1, -0.05) is 25.0 Å². The molecule has 0 bridgehead atoms. The summed E-state index contributed by atoms with van der Waals surface area (Å²) in [4.78, 5) is 0. The van der Waals surface area contributed by atoms with Gasteiger partial charge in [0.25, 0.3) is 0 Å². The first-order valence-electron chi connectivity index (χ1n) is 6.02. The Morgan fingerprint density at radius 3 is 2.71 bits per heavy atom. The molecule has 80 valence electrons. The van der Waals surface area contributed by atoms with E-state index >= 15 is 0 Å². The molecule has 0 aromatic heterocycles. The first kappa shape index (κ1) is 10.2. The molecule has 1 heterocycles. The van der Waals surface area contributed by atoms with Crippen molar-refractivity contribution < 1.29 is 0 Å². The van der Waals surface area contributed by atoms with E-state index in [-0.39, 0.29) is 0 Å². The van der Waals surface area contributed by atoms with Crippen LogP contribution in [0, 0.1) is 11.3 Å². The van der Waals surface area contributed by atoms with Gasteiger partial charge in [0.2, 0.25) is 0 Å². The van der Waals surface area contributed by atoms with Crippen LogP contribution in [0.5, 0.6) is 0 Å². The minimum Gasteiger partial charge on any atom is -0.316 e. The summed E-state index contributed by atoms with van der Waals surface area (Å²) >= 11 is 0. The lowest BCUT2D eigenvalue weighted by Gasteiger charge is -2.37. The van der Waals surface area contributed by atoms with Gasteiger partial charge in [-0.3, -0.25) is 0 Å². The molecule has 2 aliphatic rings. The van der Waals surface area contributed by atoms with Crippen LogP contribution in [0.25, 0.3) is 0 Å². The van der Waals surface area contributed by atoms with Crippen LogP contribution >= 0.6 is 0 Å². The van der Waals surface area contributed by atoms with Crippen LogP contribution in [0.1, 0.15) is 46.5 Å². The van der Waals surface area contributed by atoms with E-state index in [1.807, 2.05) is 0 Å². The standard InChI is InChI=1S/C13H23N/c1-10-5-4-7-13(2,3)12(10)11-6-8-14-9-11/h11,14H,4-9H2,1-3H3. The summed E-state index contributed by atoms with van der Waals surface area (Å²) in [5.74, 6) is 0.838. The molecule has 1 nitrogen and oxygen atoms in total. The normalized spacial score (nSPS) is 32.4. The number of rotatable bonds is 1. The first-order valence-corrected chi connectivity index (χ1v) is 6.02. The molecule has 0 spiro atoms. The molecule has 1 N–H and O–H groups in total. The van der Waals surface area contributed by atoms with Gasteiger partial charge in [-0.05, 0) is 50.5 Å². The van der Waals surface area contributed by atoms with Crippen molar-refractivity contribution in [3.8, 4) is 0 Å². The largest absolute Gasteiger partial charge is 0.316 e. The van der Waals surface area contributed by atoms with Crippen LogP contribution in [0.2, 0.25) is 0 Å². The molecule has 1 aliphatic carbocycles. The average Bonchev–Trinajstić information content (AvgIpc) is 2.55. The Hall–Kier alpha value is -0.300. The lowest BCUT2D eigenvalue weighted by molar-refractivity contribution is 0.327. The molecule has 1 fully saturated rings. The van der Waals surface area contributed by atoms with Crippen molar-refractivity contribution in [1.82, 2.24) is 5.32 Å². The van der Waals surface area contributed by atoms with Gasteiger partial charge in [-0.15, -0.1) is 0 Å². The molecule has 14 heavy (non-hydrogen) atoms. The van der Waals surface area contributed by atoms with Gasteiger partial charge >= 0.3 is 0 Å². The zero-order valence-electron chi connectivity index (χ0n) is 9.82. The number of nitrogens with one attached hydrogen (secondary N) is 1. The second-order valence-corrected chi connectivity index (χ2v) is 5.62. The summed E-state index contributed by atoms with van der Waals surface area (Å²) in [6.45, 7) is 9.66. The van der Waals surface area contributed by atoms with Crippen LogP contribution < -0.4 is 5.32 Å². The second-order valence-electron chi connectivity index (χ2n) is 5.62. The second kappa shape index (κ2) is 3.69. The fourth-order valence-electron chi connectivity index (χ4n) is 3.44. The van der Waals surface area contributed by atoms with Gasteiger partial charge in [0, 0.05) is 6.54 Å². The Balaban J connectivity index is 2.27. The molecule has 2 rings (SSSR count). The highest BCUT2D eigenvalue weighted by Crippen LogP contribution is 2.45. The Morgan fingerprint density at radius 1 is 1.36 bits per heavy atom. The summed E-state index contributed by atoms with van der Waals surface area (Å²) < 4.78 is 0. The van der Waals surface area contributed by atoms with Crippen LogP contribution in [0.4, 0.5) is 0 Å². The fraction of sp³-hybridized carbons (Fsp3) is 0.846. The third kappa shape index (κ3) is 1.75. The quantitative estimate of drug-likeness (QED) is 0.631. The molecule has 1 atom stereocenters. The molecule has 1 heteroatoms. The summed E-state index contributed by atoms with van der Waals surface area (Å²) in [6.07, 6.45) is 5.48. The topological polar surface area (TPSA) is 12.0 Å². The highest BCUT2D eigenvalue weighted by molar-refractivity contribution is 5.26. The molecule has 0 aromatic rings. The van der Waals surface area contributed by atoms with Crippen LogP contribution in [-0.2, 0) is 0 Å². The summed E-state index contributed by atoms with van der Waals surface area (Å²) in [5.41, 5.74) is 3.95. The van der Waals surface area contributed by atoms with Crippen molar-refractivity contribution in [3.05, 3.63) is 11.1 Å². The maximum absolute atomic E-state index is 3.49. The first-order chi connectivity index (χ1) is 6.61. The maximum Gasteiger partial charge on any atom is 0.00176 e. The zero-order chi connectivity index (χ0) is 10.2. The zero-order valence-corrected chi connectivity index (χ0v) is 9.82. The number of hydrogen-bond acceptors (Lipinski definition) is 1. The van der Waals surface area contributed by atoms with E-state index in [2.05, 4.69) is 26.1 Å². The number of hydrogen-bond donors (Lipinski definition) is 1. The molecular formula is C13H23N. The minimum atomic E-state index is 0.471. The van der Waals surface area contributed by atoms with E-state index in [0.29, 0.717) is 5.41 Å². The Labute approximate surface area is 88.0 Å². The van der Waals surface area contributed by atoms with Gasteiger partial charge in [0.1, 0.15) is 0 Å². The van der Waals surface area contributed by atoms with Crippen molar-refractivity contribution in [2.45, 2.75) is 46.5 Å². The van der Waals surface area contributed by atoms with E-state index in [1.54, 1.807) is 11.1 Å². The predicted octanol–water partition coefficient (Wildman–Crippen LogP) is 3.12. The van der Waals surface area contributed by atoms with Gasteiger partial charge in [-0.25, -0.2) is 0 Å². The summed E-state index contributed by atoms with van der Waals surface area (Å²) in [7, 11) is 0. The predicted molar refractivity (Wildman–Crippen MR) is 61.3 cm³/mol. The Kier molecular flexibility index (Phi) is 2.70. The van der Waals surface area contributed by atoms with Gasteiger partial charge in [0.15, 0.2) is 0 Å². The maximum atomic E-state index is 3.49. The van der Waals surface area contributed by atoms with E-state index < -0.39 is 0 Å². The van der Waals surface area contributed by atoms with Crippen molar-refractivity contribution in [1.29, 1.82) is 0 Å². The van der Waals surface area contributed by atoms with Crippen molar-refractivity contribution in [3.63, 3.8) is 0 Å². The molecule has 1 saturated heterocycles. The van der Waals surface area contributed by atoms with E-state index in [0.717, 1.165) is 5.92 Å². The smallest absolute Gasteiger partial charge is 0.00176 e. The SMILES string of the molecule is CC1=C(C2CCNC2)C(C)(C)CCC1. The van der Waals surface area contributed by atoms with Crippen molar-refractivity contribution >= 4 is 0 Å². The molecule has 0 aromatic carbocycles. The average molecular weight is 193 g/mol. The van der Waals surface area contributed by atoms with Crippen molar-refractivity contribution in [2.24, 2.45) is 11.3 Å². The lowest BCUT2D eigenvalue weighted by Crippen LogP contribution is -2.27. The lowest BCUT2D eigenvalue weighted by atomic mass is 9.68. The molecule has 0 saturated carbocycles. The third-order valence-electron chi connectivity index (χ3n) is 4.01. The van der Waals surface area contributed by atoms with Crippen LogP contribution in [0.3, 0.4) is 0 Å². The monoisotopic (exact) mass is 193 g/mol. The molecule has 1 unspecified atom stereocenters. The van der Waals surface area contributed by atoms with E-state index in [9.17, 15) is 0 Å². The highest BCUT2D eigenvalue weighted by Gasteiger charge is 2.34. The summed E-state index contributed by atoms with van der Waals surface area (Å²) in [5, 5.41) is 3.49. The van der Waals surface area contributed by atoms with Crippen LogP contribution in [-0.4, -0.2) is 13.1 Å². The van der Waals surface area contributed by atoms with Gasteiger partial charge in [-0.2, -0.15) is 0 Å². The van der Waals surface area contributed by atoms with Crippen molar-refractivity contribution in [2.75, 3.05) is 13.1 Å². The molecule has 0 radical (unpaired) electrons. The van der Waals surface area contributed by atoms with Crippen LogP contribution in [0.15, 0.2) is 11.1 Å². The molecule has 1 aliphatic heterocycles. The molecular weight excluding hydrogens is 170 g/mol.